The molecule has 1 aromatic carbocycles. The van der Waals surface area contributed by atoms with E-state index in [1.165, 1.54) is 12.1 Å². The first-order chi connectivity index (χ1) is 8.12. The Morgan fingerprint density at radius 3 is 2.53 bits per heavy atom. The van der Waals surface area contributed by atoms with Crippen LogP contribution in [0.4, 0.5) is 5.69 Å². The minimum absolute atomic E-state index is 0.566. The van der Waals surface area contributed by atoms with Gasteiger partial charge in [0.2, 0.25) is 0 Å². The van der Waals surface area contributed by atoms with Crippen LogP contribution in [0.15, 0.2) is 22.7 Å². The SMILES string of the molecule is CCC(C)CN(CC)c1ccc(CCl)cc1Br. The number of hydrogen-bond acceptors (Lipinski definition) is 1. The van der Waals surface area contributed by atoms with E-state index in [9.17, 15) is 0 Å². The van der Waals surface area contributed by atoms with Crippen molar-refractivity contribution in [2.45, 2.75) is 33.1 Å². The maximum atomic E-state index is 5.84. The molecule has 3 heteroatoms. The molecule has 0 heterocycles. The molecule has 0 aromatic heterocycles. The fourth-order valence-electron chi connectivity index (χ4n) is 1.79. The van der Waals surface area contributed by atoms with Gasteiger partial charge in [0.25, 0.3) is 0 Å². The zero-order chi connectivity index (χ0) is 12.8. The molecule has 1 nitrogen and oxygen atoms in total. The molecular weight excluding hydrogens is 298 g/mol. The topological polar surface area (TPSA) is 3.24 Å². The van der Waals surface area contributed by atoms with Crippen LogP contribution >= 0.6 is 27.5 Å². The van der Waals surface area contributed by atoms with Crippen molar-refractivity contribution in [2.75, 3.05) is 18.0 Å². The van der Waals surface area contributed by atoms with Gasteiger partial charge in [-0.2, -0.15) is 0 Å². The average Bonchev–Trinajstić information content (AvgIpc) is 2.35. The van der Waals surface area contributed by atoms with Crippen LogP contribution in [0, 0.1) is 5.92 Å². The Hall–Kier alpha value is -0.210. The molecule has 0 fully saturated rings. The van der Waals surface area contributed by atoms with Gasteiger partial charge < -0.3 is 4.90 Å². The summed E-state index contributed by atoms with van der Waals surface area (Å²) >= 11 is 9.48. The molecule has 0 bridgehead atoms. The van der Waals surface area contributed by atoms with Crippen molar-refractivity contribution in [3.8, 4) is 0 Å². The number of anilines is 1. The number of nitrogens with zero attached hydrogens (tertiary/aromatic N) is 1. The van der Waals surface area contributed by atoms with Crippen molar-refractivity contribution in [3.63, 3.8) is 0 Å². The number of benzene rings is 1. The second kappa shape index (κ2) is 7.27. The summed E-state index contributed by atoms with van der Waals surface area (Å²) in [7, 11) is 0. The molecule has 1 rings (SSSR count). The van der Waals surface area contributed by atoms with Crippen molar-refractivity contribution in [3.05, 3.63) is 28.2 Å². The average molecular weight is 319 g/mol. The van der Waals surface area contributed by atoms with E-state index in [-0.39, 0.29) is 0 Å². The van der Waals surface area contributed by atoms with Crippen LogP contribution < -0.4 is 4.90 Å². The van der Waals surface area contributed by atoms with Gasteiger partial charge in [-0.3, -0.25) is 0 Å². The van der Waals surface area contributed by atoms with E-state index in [0.29, 0.717) is 5.88 Å². The lowest BCUT2D eigenvalue weighted by Crippen LogP contribution is -2.28. The minimum Gasteiger partial charge on any atom is -0.371 e. The summed E-state index contributed by atoms with van der Waals surface area (Å²) in [6, 6.07) is 6.38. The van der Waals surface area contributed by atoms with Crippen molar-refractivity contribution < 1.29 is 0 Å². The second-order valence-electron chi connectivity index (χ2n) is 4.47. The number of alkyl halides is 1. The fraction of sp³-hybridized carbons (Fsp3) is 0.571. The van der Waals surface area contributed by atoms with E-state index in [1.807, 2.05) is 0 Å². The van der Waals surface area contributed by atoms with Gasteiger partial charge in [0, 0.05) is 23.4 Å². The van der Waals surface area contributed by atoms with Crippen LogP contribution in [0.25, 0.3) is 0 Å². The standard InChI is InChI=1S/C14H21BrClN/c1-4-11(3)10-17(5-2)14-7-6-12(9-16)8-13(14)15/h6-8,11H,4-5,9-10H2,1-3H3. The molecule has 0 amide bonds. The largest absolute Gasteiger partial charge is 0.371 e. The Morgan fingerprint density at radius 2 is 2.06 bits per heavy atom. The lowest BCUT2D eigenvalue weighted by atomic mass is 10.1. The molecule has 0 aliphatic heterocycles. The highest BCUT2D eigenvalue weighted by Gasteiger charge is 2.11. The van der Waals surface area contributed by atoms with Gasteiger partial charge in [-0.15, -0.1) is 11.6 Å². The molecule has 0 aliphatic rings. The highest BCUT2D eigenvalue weighted by atomic mass is 79.9. The Labute approximate surface area is 118 Å². The number of rotatable bonds is 6. The molecule has 1 atom stereocenters. The first kappa shape index (κ1) is 14.8. The predicted octanol–water partition coefficient (Wildman–Crippen LogP) is 5.06. The highest BCUT2D eigenvalue weighted by molar-refractivity contribution is 9.10. The smallest absolute Gasteiger partial charge is 0.0510 e. The van der Waals surface area contributed by atoms with Gasteiger partial charge in [0.1, 0.15) is 0 Å². The van der Waals surface area contributed by atoms with Crippen molar-refractivity contribution >= 4 is 33.2 Å². The molecule has 17 heavy (non-hydrogen) atoms. The van der Waals surface area contributed by atoms with Gasteiger partial charge in [-0.25, -0.2) is 0 Å². The quantitative estimate of drug-likeness (QED) is 0.663. The van der Waals surface area contributed by atoms with E-state index in [4.69, 9.17) is 11.6 Å². The lowest BCUT2D eigenvalue weighted by Gasteiger charge is -2.27. The van der Waals surface area contributed by atoms with Crippen LogP contribution in [0.2, 0.25) is 0 Å². The fourth-order valence-corrected chi connectivity index (χ4v) is 2.64. The Balaban J connectivity index is 2.88. The lowest BCUT2D eigenvalue weighted by molar-refractivity contribution is 0.547. The molecular formula is C14H21BrClN. The van der Waals surface area contributed by atoms with E-state index >= 15 is 0 Å². The van der Waals surface area contributed by atoms with Crippen molar-refractivity contribution in [1.82, 2.24) is 0 Å². The normalized spacial score (nSPS) is 12.5. The third-order valence-corrected chi connectivity index (χ3v) is 4.06. The van der Waals surface area contributed by atoms with Crippen LogP contribution in [0.5, 0.6) is 0 Å². The zero-order valence-electron chi connectivity index (χ0n) is 10.8. The Morgan fingerprint density at radius 1 is 1.35 bits per heavy atom. The van der Waals surface area contributed by atoms with Gasteiger partial charge in [-0.1, -0.05) is 26.3 Å². The molecule has 0 spiro atoms. The predicted molar refractivity (Wildman–Crippen MR) is 81.0 cm³/mol. The van der Waals surface area contributed by atoms with Crippen molar-refractivity contribution in [2.24, 2.45) is 5.92 Å². The van der Waals surface area contributed by atoms with E-state index in [1.54, 1.807) is 0 Å². The molecule has 0 radical (unpaired) electrons. The van der Waals surface area contributed by atoms with E-state index in [2.05, 4.69) is 59.8 Å². The summed E-state index contributed by atoms with van der Waals surface area (Å²) in [5.74, 6) is 1.28. The number of halogens is 2. The van der Waals surface area contributed by atoms with Crippen LogP contribution in [0.3, 0.4) is 0 Å². The van der Waals surface area contributed by atoms with Crippen LogP contribution in [0.1, 0.15) is 32.8 Å². The third-order valence-electron chi connectivity index (χ3n) is 3.12. The van der Waals surface area contributed by atoms with Crippen LogP contribution in [-0.2, 0) is 5.88 Å². The van der Waals surface area contributed by atoms with Gasteiger partial charge in [0.05, 0.1) is 5.69 Å². The maximum absolute atomic E-state index is 5.84. The Kier molecular flexibility index (Phi) is 6.35. The molecule has 1 aromatic rings. The first-order valence-electron chi connectivity index (χ1n) is 6.21. The molecule has 0 saturated heterocycles. The molecule has 1 unspecified atom stereocenters. The summed E-state index contributed by atoms with van der Waals surface area (Å²) in [4.78, 5) is 2.41. The minimum atomic E-state index is 0.566. The van der Waals surface area contributed by atoms with Crippen LogP contribution in [-0.4, -0.2) is 13.1 Å². The summed E-state index contributed by atoms with van der Waals surface area (Å²) < 4.78 is 1.14. The van der Waals surface area contributed by atoms with E-state index < -0.39 is 0 Å². The molecule has 0 aliphatic carbocycles. The summed E-state index contributed by atoms with van der Waals surface area (Å²) in [6.45, 7) is 8.87. The summed E-state index contributed by atoms with van der Waals surface area (Å²) in [5.41, 5.74) is 2.42. The highest BCUT2D eigenvalue weighted by Crippen LogP contribution is 2.28. The van der Waals surface area contributed by atoms with Gasteiger partial charge in [-0.05, 0) is 46.5 Å². The monoisotopic (exact) mass is 317 g/mol. The first-order valence-corrected chi connectivity index (χ1v) is 7.54. The third kappa shape index (κ3) is 4.18. The van der Waals surface area contributed by atoms with E-state index in [0.717, 1.165) is 29.0 Å². The van der Waals surface area contributed by atoms with Crippen molar-refractivity contribution in [1.29, 1.82) is 0 Å². The van der Waals surface area contributed by atoms with Gasteiger partial charge in [0.15, 0.2) is 0 Å². The zero-order valence-corrected chi connectivity index (χ0v) is 13.2. The van der Waals surface area contributed by atoms with Gasteiger partial charge >= 0.3 is 0 Å². The number of hydrogen-bond donors (Lipinski definition) is 0. The maximum Gasteiger partial charge on any atom is 0.0510 e. The second-order valence-corrected chi connectivity index (χ2v) is 5.59. The molecule has 96 valence electrons. The molecule has 0 saturated carbocycles. The molecule has 0 N–H and O–H groups in total. The Bertz CT molecular complexity index is 354. The summed E-state index contributed by atoms with van der Waals surface area (Å²) in [5, 5.41) is 0. The summed E-state index contributed by atoms with van der Waals surface area (Å²) in [6.07, 6.45) is 1.22.